The Balaban J connectivity index is 1.85. The van der Waals surface area contributed by atoms with Gasteiger partial charge in [0.15, 0.2) is 0 Å². The molecule has 2 atom stereocenters. The number of ether oxygens (including phenoxy) is 1. The fraction of sp³-hybridized carbons (Fsp3) is 0.350. The lowest BCUT2D eigenvalue weighted by Gasteiger charge is -2.26. The smallest absolute Gasteiger partial charge is 0.226 e. The number of hydrogen-bond donors (Lipinski definition) is 3. The van der Waals surface area contributed by atoms with E-state index in [1.807, 2.05) is 49.4 Å². The summed E-state index contributed by atoms with van der Waals surface area (Å²) in [6.45, 7) is 4.04. The van der Waals surface area contributed by atoms with E-state index in [2.05, 4.69) is 10.6 Å². The lowest BCUT2D eigenvalue weighted by atomic mass is 9.96. The van der Waals surface area contributed by atoms with Gasteiger partial charge in [0, 0.05) is 19.0 Å². The van der Waals surface area contributed by atoms with Crippen molar-refractivity contribution < 1.29 is 14.6 Å². The fourth-order valence-electron chi connectivity index (χ4n) is 2.57. The van der Waals surface area contributed by atoms with Crippen molar-refractivity contribution >= 4 is 11.6 Å². The van der Waals surface area contributed by atoms with Crippen molar-refractivity contribution in [2.45, 2.75) is 31.9 Å². The zero-order chi connectivity index (χ0) is 18.3. The molecule has 0 fully saturated rings. The van der Waals surface area contributed by atoms with Crippen LogP contribution >= 0.6 is 0 Å². The van der Waals surface area contributed by atoms with Crippen LogP contribution in [0.5, 0.6) is 5.75 Å². The minimum absolute atomic E-state index is 0.0788. The quantitative estimate of drug-likeness (QED) is 0.690. The average Bonchev–Trinajstić information content (AvgIpc) is 2.61. The number of hydrogen-bond acceptors (Lipinski definition) is 4. The molecule has 2 rings (SSSR count). The number of carbonyl (C=O) groups excluding carboxylic acids is 1. The van der Waals surface area contributed by atoms with Gasteiger partial charge in [0.05, 0.1) is 18.4 Å². The highest BCUT2D eigenvalue weighted by Crippen LogP contribution is 2.23. The second-order valence-electron chi connectivity index (χ2n) is 6.37. The van der Waals surface area contributed by atoms with Crippen molar-refractivity contribution in [2.75, 3.05) is 19.0 Å². The van der Waals surface area contributed by atoms with Crippen molar-refractivity contribution in [3.63, 3.8) is 0 Å². The van der Waals surface area contributed by atoms with Gasteiger partial charge in [-0.1, -0.05) is 42.5 Å². The van der Waals surface area contributed by atoms with E-state index in [4.69, 9.17) is 4.74 Å². The van der Waals surface area contributed by atoms with Gasteiger partial charge in [-0.25, -0.2) is 0 Å². The van der Waals surface area contributed by atoms with Crippen LogP contribution in [0.25, 0.3) is 0 Å². The van der Waals surface area contributed by atoms with Gasteiger partial charge >= 0.3 is 0 Å². The summed E-state index contributed by atoms with van der Waals surface area (Å²) < 4.78 is 5.23. The molecule has 25 heavy (non-hydrogen) atoms. The van der Waals surface area contributed by atoms with E-state index in [1.54, 1.807) is 26.2 Å². The number of para-hydroxylation sites is 2. The maximum Gasteiger partial charge on any atom is 0.226 e. The van der Waals surface area contributed by atoms with Crippen molar-refractivity contribution in [1.82, 2.24) is 5.32 Å². The maximum absolute atomic E-state index is 12.2. The van der Waals surface area contributed by atoms with Crippen LogP contribution in [0, 0.1) is 0 Å². The molecular formula is C20H26N2O3. The molecule has 2 aromatic rings. The molecule has 0 aliphatic carbocycles. The number of carbonyl (C=O) groups is 1. The topological polar surface area (TPSA) is 70.6 Å². The number of anilines is 1. The van der Waals surface area contributed by atoms with Crippen LogP contribution in [0.15, 0.2) is 54.6 Å². The number of benzene rings is 2. The Morgan fingerprint density at radius 1 is 1.16 bits per heavy atom. The van der Waals surface area contributed by atoms with Gasteiger partial charge in [0.25, 0.3) is 0 Å². The van der Waals surface area contributed by atoms with E-state index in [1.165, 1.54) is 0 Å². The summed E-state index contributed by atoms with van der Waals surface area (Å²) in [5.41, 5.74) is 0.501. The van der Waals surface area contributed by atoms with Crippen LogP contribution in [0.2, 0.25) is 0 Å². The third-order valence-corrected chi connectivity index (χ3v) is 4.06. The van der Waals surface area contributed by atoms with Gasteiger partial charge in [0.2, 0.25) is 5.91 Å². The molecule has 0 aromatic heterocycles. The van der Waals surface area contributed by atoms with Gasteiger partial charge in [-0.05, 0) is 31.5 Å². The first-order valence-corrected chi connectivity index (χ1v) is 8.36. The molecule has 3 N–H and O–H groups in total. The number of nitrogens with one attached hydrogen (secondary N) is 2. The van der Waals surface area contributed by atoms with E-state index in [0.29, 0.717) is 24.4 Å². The first-order chi connectivity index (χ1) is 11.9. The predicted octanol–water partition coefficient (Wildman–Crippen LogP) is 2.91. The molecule has 0 saturated heterocycles. The van der Waals surface area contributed by atoms with E-state index >= 15 is 0 Å². The Bertz CT molecular complexity index is 686. The number of aliphatic hydroxyl groups is 1. The molecule has 0 heterocycles. The normalized spacial score (nSPS) is 14.4. The summed E-state index contributed by atoms with van der Waals surface area (Å²) in [7, 11) is 1.57. The number of amides is 1. The first-order valence-electron chi connectivity index (χ1n) is 8.36. The van der Waals surface area contributed by atoms with Crippen LogP contribution in [-0.4, -0.2) is 30.7 Å². The number of methoxy groups -OCH3 is 1. The average molecular weight is 342 g/mol. The Hall–Kier alpha value is -2.37. The minimum Gasteiger partial charge on any atom is -0.495 e. The molecule has 0 aliphatic heterocycles. The largest absolute Gasteiger partial charge is 0.495 e. The highest BCUT2D eigenvalue weighted by Gasteiger charge is 2.23. The minimum atomic E-state index is -0.991. The Morgan fingerprint density at radius 2 is 1.80 bits per heavy atom. The molecule has 0 saturated carbocycles. The molecule has 0 radical (unpaired) electrons. The molecule has 2 unspecified atom stereocenters. The molecule has 5 nitrogen and oxygen atoms in total. The Labute approximate surface area is 149 Å². The summed E-state index contributed by atoms with van der Waals surface area (Å²) in [5, 5.41) is 16.7. The molecule has 0 bridgehead atoms. The standard InChI is InChI=1S/C20H26N2O3/c1-15(21-14-20(2,24)16-9-5-4-6-10-16)13-19(23)22-17-11-7-8-12-18(17)25-3/h4-12,15,21,24H,13-14H2,1-3H3,(H,22,23). The fourth-order valence-corrected chi connectivity index (χ4v) is 2.57. The summed E-state index contributed by atoms with van der Waals surface area (Å²) in [6.07, 6.45) is 0.295. The highest BCUT2D eigenvalue weighted by molar-refractivity contribution is 5.92. The van der Waals surface area contributed by atoms with E-state index in [-0.39, 0.29) is 11.9 Å². The van der Waals surface area contributed by atoms with Crippen molar-refractivity contribution in [3.8, 4) is 5.75 Å². The van der Waals surface area contributed by atoms with Crippen molar-refractivity contribution in [3.05, 3.63) is 60.2 Å². The second-order valence-corrected chi connectivity index (χ2v) is 6.37. The van der Waals surface area contributed by atoms with Crippen LogP contribution in [-0.2, 0) is 10.4 Å². The first kappa shape index (κ1) is 19.0. The van der Waals surface area contributed by atoms with Gasteiger partial charge in [-0.15, -0.1) is 0 Å². The third kappa shape index (κ3) is 5.59. The second kappa shape index (κ2) is 8.65. The molecular weight excluding hydrogens is 316 g/mol. The molecule has 5 heteroatoms. The van der Waals surface area contributed by atoms with Gasteiger partial charge in [-0.2, -0.15) is 0 Å². The van der Waals surface area contributed by atoms with E-state index in [0.717, 1.165) is 5.56 Å². The van der Waals surface area contributed by atoms with Gasteiger partial charge in [-0.3, -0.25) is 4.79 Å². The predicted molar refractivity (Wildman–Crippen MR) is 99.7 cm³/mol. The monoisotopic (exact) mass is 342 g/mol. The lowest BCUT2D eigenvalue weighted by Crippen LogP contribution is -2.41. The maximum atomic E-state index is 12.2. The zero-order valence-electron chi connectivity index (χ0n) is 15.0. The van der Waals surface area contributed by atoms with Gasteiger partial charge < -0.3 is 20.5 Å². The van der Waals surface area contributed by atoms with Crippen LogP contribution < -0.4 is 15.4 Å². The zero-order valence-corrected chi connectivity index (χ0v) is 15.0. The SMILES string of the molecule is COc1ccccc1NC(=O)CC(C)NCC(C)(O)c1ccccc1. The van der Waals surface area contributed by atoms with Crippen molar-refractivity contribution in [1.29, 1.82) is 0 Å². The van der Waals surface area contributed by atoms with Crippen LogP contribution in [0.3, 0.4) is 0 Å². The van der Waals surface area contributed by atoms with E-state index < -0.39 is 5.60 Å². The Kier molecular flexibility index (Phi) is 6.56. The highest BCUT2D eigenvalue weighted by atomic mass is 16.5. The summed E-state index contributed by atoms with van der Waals surface area (Å²) in [4.78, 5) is 12.2. The van der Waals surface area contributed by atoms with Crippen LogP contribution in [0.4, 0.5) is 5.69 Å². The van der Waals surface area contributed by atoms with E-state index in [9.17, 15) is 9.90 Å². The van der Waals surface area contributed by atoms with Gasteiger partial charge in [0.1, 0.15) is 5.75 Å². The Morgan fingerprint density at radius 3 is 2.48 bits per heavy atom. The molecule has 2 aromatic carbocycles. The summed E-state index contributed by atoms with van der Waals surface area (Å²) in [5.74, 6) is 0.521. The molecule has 134 valence electrons. The summed E-state index contributed by atoms with van der Waals surface area (Å²) >= 11 is 0. The molecule has 1 amide bonds. The third-order valence-electron chi connectivity index (χ3n) is 4.06. The van der Waals surface area contributed by atoms with Crippen molar-refractivity contribution in [2.24, 2.45) is 0 Å². The number of rotatable bonds is 8. The van der Waals surface area contributed by atoms with Crippen LogP contribution in [0.1, 0.15) is 25.8 Å². The molecule has 0 aliphatic rings. The lowest BCUT2D eigenvalue weighted by molar-refractivity contribution is -0.116. The summed E-state index contributed by atoms with van der Waals surface area (Å²) in [6, 6.07) is 16.7. The molecule has 0 spiro atoms.